The minimum Gasteiger partial charge on any atom is -0.545 e. The van der Waals surface area contributed by atoms with Crippen LogP contribution < -0.4 is 10.2 Å². The fourth-order valence-electron chi connectivity index (χ4n) is 2.62. The number of hydrogen-bond acceptors (Lipinski definition) is 4. The lowest BCUT2D eigenvalue weighted by molar-refractivity contribution is -0.255. The molecule has 0 saturated heterocycles. The highest BCUT2D eigenvalue weighted by molar-refractivity contribution is 6.02. The van der Waals surface area contributed by atoms with Crippen LogP contribution in [0.1, 0.15) is 20.7 Å². The van der Waals surface area contributed by atoms with Gasteiger partial charge in [-0.2, -0.15) is 0 Å². The summed E-state index contributed by atoms with van der Waals surface area (Å²) in [7, 11) is 0. The maximum absolute atomic E-state index is 10.3. The van der Waals surface area contributed by atoms with Crippen LogP contribution in [0.15, 0.2) is 72.8 Å². The molecule has 4 heteroatoms. The molecule has 1 aliphatic rings. The second kappa shape index (κ2) is 6.38. The molecule has 24 heavy (non-hydrogen) atoms. The first kappa shape index (κ1) is 15.5. The van der Waals surface area contributed by atoms with Gasteiger partial charge in [-0.25, -0.2) is 0 Å². The number of fused-ring (bicyclic) bond motifs is 4. The highest BCUT2D eigenvalue weighted by Gasteiger charge is 2.19. The van der Waals surface area contributed by atoms with E-state index in [0.717, 1.165) is 6.07 Å². The van der Waals surface area contributed by atoms with E-state index in [-0.39, 0.29) is 11.1 Å². The third-order valence-electron chi connectivity index (χ3n) is 3.77. The van der Waals surface area contributed by atoms with Crippen LogP contribution in [0.3, 0.4) is 0 Å². The Morgan fingerprint density at radius 1 is 0.542 bits per heavy atom. The predicted molar refractivity (Wildman–Crippen MR) is 86.0 cm³/mol. The van der Waals surface area contributed by atoms with Crippen LogP contribution >= 0.6 is 0 Å². The van der Waals surface area contributed by atoms with Gasteiger partial charge in [-0.3, -0.25) is 0 Å². The number of carboxylic acid groups (broad SMARTS) is 2. The zero-order valence-electron chi connectivity index (χ0n) is 12.6. The lowest BCUT2D eigenvalue weighted by atomic mass is 9.81. The smallest absolute Gasteiger partial charge is 0.0715 e. The molecule has 0 fully saturated rings. The summed E-state index contributed by atoms with van der Waals surface area (Å²) in [6.45, 7) is 0. The zero-order chi connectivity index (χ0) is 17.1. The first-order valence-electron chi connectivity index (χ1n) is 7.29. The summed E-state index contributed by atoms with van der Waals surface area (Å²) < 4.78 is 0. The Balaban J connectivity index is 0.000000141. The number of rotatable bonds is 2. The maximum Gasteiger partial charge on any atom is 0.0715 e. The number of carbonyl (C=O) groups excluding carboxylic acids is 2. The highest BCUT2D eigenvalue weighted by atomic mass is 16.4. The molecule has 0 bridgehead atoms. The van der Waals surface area contributed by atoms with Gasteiger partial charge in [-0.15, -0.1) is 0 Å². The highest BCUT2D eigenvalue weighted by Crippen LogP contribution is 2.46. The molecule has 0 N–H and O–H groups in total. The fraction of sp³-hybridized carbons (Fsp3) is 0. The van der Waals surface area contributed by atoms with E-state index < -0.39 is 11.9 Å². The van der Waals surface area contributed by atoms with E-state index in [1.165, 1.54) is 40.5 Å². The Hall–Kier alpha value is -3.40. The Morgan fingerprint density at radius 2 is 0.875 bits per heavy atom. The van der Waals surface area contributed by atoms with Crippen LogP contribution in [-0.2, 0) is 0 Å². The number of hydrogen-bond donors (Lipinski definition) is 0. The van der Waals surface area contributed by atoms with Crippen LogP contribution in [0.2, 0.25) is 0 Å². The van der Waals surface area contributed by atoms with Crippen molar-refractivity contribution in [2.24, 2.45) is 0 Å². The third-order valence-corrected chi connectivity index (χ3v) is 3.77. The lowest BCUT2D eigenvalue weighted by Gasteiger charge is -2.22. The third kappa shape index (κ3) is 2.90. The first-order chi connectivity index (χ1) is 11.6. The maximum atomic E-state index is 10.3. The van der Waals surface area contributed by atoms with Crippen molar-refractivity contribution >= 4 is 11.9 Å². The van der Waals surface area contributed by atoms with E-state index in [0.29, 0.717) is 0 Å². The second-order valence-corrected chi connectivity index (χ2v) is 5.25. The summed E-state index contributed by atoms with van der Waals surface area (Å²) in [5.74, 6) is -2.81. The summed E-state index contributed by atoms with van der Waals surface area (Å²) in [5, 5.41) is 20.5. The molecule has 0 amide bonds. The van der Waals surface area contributed by atoms with Crippen molar-refractivity contribution < 1.29 is 19.8 Å². The van der Waals surface area contributed by atoms with E-state index in [1.807, 2.05) is 0 Å². The lowest BCUT2D eigenvalue weighted by Crippen LogP contribution is -2.25. The van der Waals surface area contributed by atoms with Gasteiger partial charge in [0.05, 0.1) is 11.9 Å². The summed E-state index contributed by atoms with van der Waals surface area (Å²) in [4.78, 5) is 20.5. The molecule has 0 radical (unpaired) electrons. The van der Waals surface area contributed by atoms with Gasteiger partial charge in [0.2, 0.25) is 0 Å². The predicted octanol–water partition coefficient (Wildman–Crippen LogP) is 1.75. The SMILES string of the molecule is O=C([O-])c1cccc(C(=O)[O-])c1.c1ccc2c(c1)-c1ccccc1-2. The molecule has 0 heterocycles. The Bertz CT molecular complexity index is 799. The van der Waals surface area contributed by atoms with Crippen molar-refractivity contribution in [2.45, 2.75) is 0 Å². The molecule has 0 aliphatic heterocycles. The molecule has 1 aliphatic carbocycles. The monoisotopic (exact) mass is 316 g/mol. The van der Waals surface area contributed by atoms with Gasteiger partial charge in [0.25, 0.3) is 0 Å². The molecule has 3 aromatic rings. The largest absolute Gasteiger partial charge is 0.545 e. The molecule has 0 aromatic heterocycles. The minimum atomic E-state index is -1.40. The topological polar surface area (TPSA) is 80.3 Å². The van der Waals surface area contributed by atoms with Gasteiger partial charge in [0.15, 0.2) is 0 Å². The average Bonchev–Trinajstić information content (AvgIpc) is 2.60. The van der Waals surface area contributed by atoms with Gasteiger partial charge in [0, 0.05) is 0 Å². The summed E-state index contributed by atoms with van der Waals surface area (Å²) in [5.41, 5.74) is 5.25. The standard InChI is InChI=1S/C12H8.C8H6O4/c1-2-6-10-9(5-1)11-7-3-4-8-12(10)11;9-7(10)5-2-1-3-6(4-5)8(11)12/h1-8H;1-4H,(H,9,10)(H,11,12)/p-2. The molecule has 0 spiro atoms. The van der Waals surface area contributed by atoms with Crippen LogP contribution in [0, 0.1) is 0 Å². The van der Waals surface area contributed by atoms with Crippen LogP contribution in [-0.4, -0.2) is 11.9 Å². The average molecular weight is 316 g/mol. The number of carboxylic acids is 2. The van der Waals surface area contributed by atoms with Crippen molar-refractivity contribution in [2.75, 3.05) is 0 Å². The Morgan fingerprint density at radius 3 is 1.17 bits per heavy atom. The molecule has 0 atom stereocenters. The van der Waals surface area contributed by atoms with Crippen LogP contribution in [0.25, 0.3) is 22.3 Å². The molecule has 118 valence electrons. The molecule has 0 saturated carbocycles. The van der Waals surface area contributed by atoms with Gasteiger partial charge < -0.3 is 19.8 Å². The van der Waals surface area contributed by atoms with Crippen molar-refractivity contribution in [3.8, 4) is 22.3 Å². The van der Waals surface area contributed by atoms with Gasteiger partial charge >= 0.3 is 0 Å². The Labute approximate surface area is 138 Å². The fourth-order valence-corrected chi connectivity index (χ4v) is 2.62. The molecule has 3 aromatic carbocycles. The quantitative estimate of drug-likeness (QED) is 0.564. The summed E-state index contributed by atoms with van der Waals surface area (Å²) in [6, 6.07) is 21.9. The summed E-state index contributed by atoms with van der Waals surface area (Å²) in [6.07, 6.45) is 0. The first-order valence-corrected chi connectivity index (χ1v) is 7.29. The van der Waals surface area contributed by atoms with Crippen molar-refractivity contribution in [1.29, 1.82) is 0 Å². The molecule has 4 rings (SSSR count). The van der Waals surface area contributed by atoms with Gasteiger partial charge in [0.1, 0.15) is 0 Å². The number of aromatic carboxylic acids is 2. The molecular weight excluding hydrogens is 304 g/mol. The number of carbonyl (C=O) groups is 2. The minimum absolute atomic E-state index is 0.170. The molecule has 4 nitrogen and oxygen atoms in total. The van der Waals surface area contributed by atoms with Crippen molar-refractivity contribution in [3.05, 3.63) is 83.9 Å². The van der Waals surface area contributed by atoms with Gasteiger partial charge in [-0.1, -0.05) is 66.7 Å². The van der Waals surface area contributed by atoms with Crippen molar-refractivity contribution in [1.82, 2.24) is 0 Å². The molecule has 0 unspecified atom stereocenters. The summed E-state index contributed by atoms with van der Waals surface area (Å²) >= 11 is 0. The van der Waals surface area contributed by atoms with E-state index in [9.17, 15) is 19.8 Å². The van der Waals surface area contributed by atoms with E-state index in [2.05, 4.69) is 48.5 Å². The van der Waals surface area contributed by atoms with E-state index in [1.54, 1.807) is 0 Å². The molecular formula is C20H12O4-2. The zero-order valence-corrected chi connectivity index (χ0v) is 12.6. The Kier molecular flexibility index (Phi) is 4.12. The van der Waals surface area contributed by atoms with Crippen molar-refractivity contribution in [3.63, 3.8) is 0 Å². The van der Waals surface area contributed by atoms with E-state index >= 15 is 0 Å². The van der Waals surface area contributed by atoms with Gasteiger partial charge in [-0.05, 0) is 39.4 Å². The second-order valence-electron chi connectivity index (χ2n) is 5.25. The van der Waals surface area contributed by atoms with Crippen LogP contribution in [0.4, 0.5) is 0 Å². The van der Waals surface area contributed by atoms with E-state index in [4.69, 9.17) is 0 Å². The number of benzene rings is 3. The normalized spacial score (nSPS) is 10.3. The van der Waals surface area contributed by atoms with Crippen LogP contribution in [0.5, 0.6) is 0 Å².